The van der Waals surface area contributed by atoms with Gasteiger partial charge in [0.25, 0.3) is 0 Å². The van der Waals surface area contributed by atoms with E-state index in [1.165, 1.54) is 4.90 Å². The van der Waals surface area contributed by atoms with Crippen LogP contribution < -0.4 is 4.74 Å². The Labute approximate surface area is 192 Å². The molecule has 2 rings (SSSR count). The third kappa shape index (κ3) is 5.95. The van der Waals surface area contributed by atoms with Gasteiger partial charge in [-0.05, 0) is 36.6 Å². The summed E-state index contributed by atoms with van der Waals surface area (Å²) in [7, 11) is 3.18. The molecule has 0 aliphatic heterocycles. The van der Waals surface area contributed by atoms with E-state index in [0.29, 0.717) is 12.2 Å². The quantitative estimate of drug-likeness (QED) is 0.486. The Morgan fingerprint density at radius 2 is 1.67 bits per heavy atom. The molecular weight excluding hydrogens is 447 g/mol. The van der Waals surface area contributed by atoms with Gasteiger partial charge >= 0.3 is 6.09 Å². The number of nitrogens with zero attached hydrogens (tertiary/aromatic N) is 2. The van der Waals surface area contributed by atoms with Crippen LogP contribution >= 0.6 is 34.8 Å². The topological polar surface area (TPSA) is 62.6 Å². The largest absolute Gasteiger partial charge is 0.497 e. The average molecular weight is 470 g/mol. The average Bonchev–Trinajstić information content (AvgIpc) is 2.75. The molecule has 0 aliphatic carbocycles. The van der Waals surface area contributed by atoms with Gasteiger partial charge in [0.05, 0.1) is 13.2 Å². The Kier molecular flexibility index (Phi) is 8.25. The summed E-state index contributed by atoms with van der Waals surface area (Å²) in [4.78, 5) is 13.8. The molecule has 0 fully saturated rings. The highest BCUT2D eigenvalue weighted by atomic mass is 35.6. The molecule has 5 nitrogen and oxygen atoms in total. The van der Waals surface area contributed by atoms with Crippen molar-refractivity contribution in [1.82, 2.24) is 4.90 Å². The molecular formula is C22H23Cl3N2O3. The molecule has 0 saturated carbocycles. The van der Waals surface area contributed by atoms with Crippen molar-refractivity contribution in [3.05, 3.63) is 65.7 Å². The zero-order chi connectivity index (χ0) is 22.4. The van der Waals surface area contributed by atoms with Crippen LogP contribution in [0, 0.1) is 11.3 Å². The van der Waals surface area contributed by atoms with Crippen molar-refractivity contribution in [2.24, 2.45) is 0 Å². The van der Waals surface area contributed by atoms with Gasteiger partial charge in [0.2, 0.25) is 3.79 Å². The molecule has 0 heterocycles. The molecule has 0 aliphatic rings. The molecule has 0 radical (unpaired) electrons. The van der Waals surface area contributed by atoms with Crippen molar-refractivity contribution in [2.45, 2.75) is 28.6 Å². The van der Waals surface area contributed by atoms with Crippen LogP contribution in [0.4, 0.5) is 4.79 Å². The summed E-state index contributed by atoms with van der Waals surface area (Å²) in [6.07, 6.45) is -0.303. The van der Waals surface area contributed by atoms with Crippen molar-refractivity contribution in [3.63, 3.8) is 0 Å². The fourth-order valence-corrected chi connectivity index (χ4v) is 3.34. The second-order valence-electron chi connectivity index (χ2n) is 6.95. The van der Waals surface area contributed by atoms with Gasteiger partial charge in [0, 0.05) is 13.1 Å². The summed E-state index contributed by atoms with van der Waals surface area (Å²) < 4.78 is 8.62. The minimum Gasteiger partial charge on any atom is -0.497 e. The fraction of sp³-hybridized carbons (Fsp3) is 0.364. The number of carbonyl (C=O) groups is 1. The van der Waals surface area contributed by atoms with Gasteiger partial charge in [-0.15, -0.1) is 0 Å². The van der Waals surface area contributed by atoms with E-state index in [4.69, 9.17) is 44.3 Å². The second kappa shape index (κ2) is 10.3. The maximum Gasteiger partial charge on any atom is 0.409 e. The van der Waals surface area contributed by atoms with Crippen molar-refractivity contribution in [3.8, 4) is 11.8 Å². The number of rotatable bonds is 7. The van der Waals surface area contributed by atoms with Crippen molar-refractivity contribution >= 4 is 40.9 Å². The Hall–Kier alpha value is -2.13. The number of halogens is 3. The minimum atomic E-state index is -1.69. The number of alkyl halides is 3. The van der Waals surface area contributed by atoms with E-state index in [-0.39, 0.29) is 12.6 Å². The number of benzene rings is 2. The van der Waals surface area contributed by atoms with Crippen LogP contribution in [-0.2, 0) is 10.2 Å². The van der Waals surface area contributed by atoms with Crippen molar-refractivity contribution in [2.75, 3.05) is 20.8 Å². The first-order chi connectivity index (χ1) is 14.1. The van der Waals surface area contributed by atoms with E-state index in [0.717, 1.165) is 11.1 Å². The smallest absolute Gasteiger partial charge is 0.409 e. The Morgan fingerprint density at radius 3 is 2.17 bits per heavy atom. The summed E-state index contributed by atoms with van der Waals surface area (Å²) in [5, 5.41) is 10.3. The van der Waals surface area contributed by atoms with E-state index in [9.17, 15) is 10.1 Å². The van der Waals surface area contributed by atoms with Crippen LogP contribution in [-0.4, -0.2) is 41.6 Å². The summed E-state index contributed by atoms with van der Waals surface area (Å²) in [5.74, 6) is 0.694. The zero-order valence-corrected chi connectivity index (χ0v) is 19.2. The highest BCUT2D eigenvalue weighted by molar-refractivity contribution is 6.67. The predicted octanol–water partition coefficient (Wildman–Crippen LogP) is 5.72. The number of methoxy groups -OCH3 is 1. The minimum absolute atomic E-state index is 0.333. The number of amides is 1. The number of carbonyl (C=O) groups excluding carboxylic acids is 1. The lowest BCUT2D eigenvalue weighted by Crippen LogP contribution is -2.41. The maximum absolute atomic E-state index is 12.4. The normalized spacial score (nSPS) is 14.2. The molecule has 2 unspecified atom stereocenters. The van der Waals surface area contributed by atoms with E-state index >= 15 is 0 Å². The number of nitriles is 1. The fourth-order valence-electron chi connectivity index (χ4n) is 3.18. The van der Waals surface area contributed by atoms with E-state index in [1.807, 2.05) is 61.5 Å². The van der Waals surface area contributed by atoms with E-state index < -0.39 is 15.3 Å². The van der Waals surface area contributed by atoms with Gasteiger partial charge in [0.1, 0.15) is 17.8 Å². The summed E-state index contributed by atoms with van der Waals surface area (Å²) >= 11 is 17.0. The third-order valence-electron chi connectivity index (χ3n) is 4.95. The molecule has 2 aromatic carbocycles. The molecule has 0 aromatic heterocycles. The lowest BCUT2D eigenvalue weighted by atomic mass is 9.71. The van der Waals surface area contributed by atoms with E-state index in [2.05, 4.69) is 6.07 Å². The predicted molar refractivity (Wildman–Crippen MR) is 119 cm³/mol. The lowest BCUT2D eigenvalue weighted by molar-refractivity contribution is 0.0976. The van der Waals surface area contributed by atoms with Gasteiger partial charge in [-0.3, -0.25) is 0 Å². The summed E-state index contributed by atoms with van der Waals surface area (Å²) in [6.45, 7) is 1.48. The van der Waals surface area contributed by atoms with E-state index in [1.54, 1.807) is 14.2 Å². The maximum atomic E-state index is 12.4. The van der Waals surface area contributed by atoms with Gasteiger partial charge < -0.3 is 14.4 Å². The molecule has 30 heavy (non-hydrogen) atoms. The highest BCUT2D eigenvalue weighted by Gasteiger charge is 2.38. The van der Waals surface area contributed by atoms with Crippen LogP contribution in [0.25, 0.3) is 0 Å². The molecule has 8 heteroatoms. The molecule has 0 bridgehead atoms. The highest BCUT2D eigenvalue weighted by Crippen LogP contribution is 2.38. The number of ether oxygens (including phenoxy) is 2. The van der Waals surface area contributed by atoms with Crippen molar-refractivity contribution < 1.29 is 14.3 Å². The van der Waals surface area contributed by atoms with Crippen molar-refractivity contribution in [1.29, 1.82) is 5.26 Å². The molecule has 1 amide bonds. The van der Waals surface area contributed by atoms with Crippen LogP contribution in [0.5, 0.6) is 5.75 Å². The molecule has 160 valence electrons. The van der Waals surface area contributed by atoms with Gasteiger partial charge in [-0.2, -0.15) is 5.26 Å². The SMILES string of the molecule is COc1ccc(C(C#N)(CC(C)N(C)C(=O)OCC(Cl)(Cl)Cl)c2ccccc2)cc1. The van der Waals surface area contributed by atoms with Crippen LogP contribution in [0.15, 0.2) is 54.6 Å². The Bertz CT molecular complexity index is 879. The first-order valence-corrected chi connectivity index (χ1v) is 10.3. The molecule has 2 atom stereocenters. The first kappa shape index (κ1) is 24.1. The first-order valence-electron chi connectivity index (χ1n) is 9.20. The molecule has 0 saturated heterocycles. The van der Waals surface area contributed by atoms with Crippen LogP contribution in [0.3, 0.4) is 0 Å². The summed E-state index contributed by atoms with van der Waals surface area (Å²) in [5.41, 5.74) is 0.635. The zero-order valence-electron chi connectivity index (χ0n) is 16.9. The second-order valence-corrected chi connectivity index (χ2v) is 9.46. The number of hydrogen-bond donors (Lipinski definition) is 0. The lowest BCUT2D eigenvalue weighted by Gasteiger charge is -2.34. The summed E-state index contributed by atoms with van der Waals surface area (Å²) in [6, 6.07) is 19.0. The Morgan fingerprint density at radius 1 is 1.10 bits per heavy atom. The van der Waals surface area contributed by atoms with Gasteiger partial charge in [-0.1, -0.05) is 77.3 Å². The Balaban J connectivity index is 2.35. The van der Waals surface area contributed by atoms with Gasteiger partial charge in [0.15, 0.2) is 0 Å². The standard InChI is InChI=1S/C22H23Cl3N2O3/c1-16(27(2)20(28)30-15-22(23,24)25)13-21(14-26,17-7-5-4-6-8-17)18-9-11-19(29-3)12-10-18/h4-12,16H,13,15H2,1-3H3. The van der Waals surface area contributed by atoms with Crippen LogP contribution in [0.1, 0.15) is 24.5 Å². The molecule has 0 spiro atoms. The monoisotopic (exact) mass is 468 g/mol. The van der Waals surface area contributed by atoms with Crippen LogP contribution in [0.2, 0.25) is 0 Å². The van der Waals surface area contributed by atoms with Gasteiger partial charge in [-0.25, -0.2) is 4.79 Å². The number of hydrogen-bond acceptors (Lipinski definition) is 4. The molecule has 0 N–H and O–H groups in total. The third-order valence-corrected chi connectivity index (χ3v) is 5.28. The molecule has 2 aromatic rings.